The van der Waals surface area contributed by atoms with E-state index in [0.717, 1.165) is 25.9 Å². The van der Waals surface area contributed by atoms with Crippen LogP contribution in [0.5, 0.6) is 0 Å². The van der Waals surface area contributed by atoms with E-state index in [0.29, 0.717) is 11.7 Å². The van der Waals surface area contributed by atoms with Gasteiger partial charge >= 0.3 is 0 Å². The van der Waals surface area contributed by atoms with E-state index in [1.54, 1.807) is 11.8 Å². The standard InChI is InChI=1S/C15H25N3O2S/c1-11(14(10-19)21-2)17-15(20)13-4-3-9-18(13)12-5-7-16-8-6-12/h3-4,9,11-12,14,16,19H,5-8,10H2,1-2H3,(H,17,20). The first kappa shape index (κ1) is 16.4. The van der Waals surface area contributed by atoms with Crippen molar-refractivity contribution in [3.63, 3.8) is 0 Å². The molecule has 0 spiro atoms. The summed E-state index contributed by atoms with van der Waals surface area (Å²) in [6, 6.07) is 4.14. The molecule has 3 N–H and O–H groups in total. The van der Waals surface area contributed by atoms with Gasteiger partial charge in [-0.2, -0.15) is 11.8 Å². The highest BCUT2D eigenvalue weighted by Gasteiger charge is 2.23. The molecule has 6 heteroatoms. The maximum atomic E-state index is 12.5. The Kier molecular flexibility index (Phi) is 6.14. The van der Waals surface area contributed by atoms with Crippen molar-refractivity contribution in [3.8, 4) is 0 Å². The number of thioether (sulfide) groups is 1. The summed E-state index contributed by atoms with van der Waals surface area (Å²) in [5.74, 6) is -0.0569. The number of carbonyl (C=O) groups is 1. The summed E-state index contributed by atoms with van der Waals surface area (Å²) >= 11 is 1.57. The molecule has 0 aromatic carbocycles. The van der Waals surface area contributed by atoms with E-state index in [4.69, 9.17) is 0 Å². The Bertz CT molecular complexity index is 454. The minimum atomic E-state index is -0.0612. The third-order valence-electron chi connectivity index (χ3n) is 4.11. The maximum absolute atomic E-state index is 12.5. The Morgan fingerprint density at radius 3 is 2.90 bits per heavy atom. The highest BCUT2D eigenvalue weighted by Crippen LogP contribution is 2.21. The zero-order valence-corrected chi connectivity index (χ0v) is 13.5. The quantitative estimate of drug-likeness (QED) is 0.740. The lowest BCUT2D eigenvalue weighted by atomic mass is 10.1. The Hall–Kier alpha value is -0.980. The largest absolute Gasteiger partial charge is 0.395 e. The fourth-order valence-corrected chi connectivity index (χ4v) is 3.43. The Balaban J connectivity index is 2.04. The molecular formula is C15H25N3O2S. The normalized spacial score (nSPS) is 19.2. The second-order valence-corrected chi connectivity index (χ2v) is 6.58. The van der Waals surface area contributed by atoms with Crippen molar-refractivity contribution in [1.82, 2.24) is 15.2 Å². The summed E-state index contributed by atoms with van der Waals surface area (Å²) in [5, 5.41) is 15.7. The van der Waals surface area contributed by atoms with Crippen LogP contribution in [-0.4, -0.2) is 52.8 Å². The van der Waals surface area contributed by atoms with Crippen LogP contribution in [0.1, 0.15) is 36.3 Å². The highest BCUT2D eigenvalue weighted by atomic mass is 32.2. The van der Waals surface area contributed by atoms with Gasteiger partial charge in [-0.15, -0.1) is 0 Å². The monoisotopic (exact) mass is 311 g/mol. The number of hydrogen-bond acceptors (Lipinski definition) is 4. The number of hydrogen-bond donors (Lipinski definition) is 3. The van der Waals surface area contributed by atoms with E-state index in [2.05, 4.69) is 15.2 Å². The van der Waals surface area contributed by atoms with Crippen molar-refractivity contribution in [1.29, 1.82) is 0 Å². The van der Waals surface area contributed by atoms with Crippen LogP contribution in [-0.2, 0) is 0 Å². The zero-order chi connectivity index (χ0) is 15.2. The summed E-state index contributed by atoms with van der Waals surface area (Å²) < 4.78 is 2.09. The van der Waals surface area contributed by atoms with Gasteiger partial charge in [-0.05, 0) is 51.2 Å². The van der Waals surface area contributed by atoms with Gasteiger partial charge in [0.2, 0.25) is 0 Å². The Labute approximate surface area is 130 Å². The van der Waals surface area contributed by atoms with Crippen LogP contribution >= 0.6 is 11.8 Å². The smallest absolute Gasteiger partial charge is 0.268 e. The number of aliphatic hydroxyl groups excluding tert-OH is 1. The zero-order valence-electron chi connectivity index (χ0n) is 12.7. The first-order chi connectivity index (χ1) is 10.2. The molecule has 1 aromatic rings. The van der Waals surface area contributed by atoms with Crippen LogP contribution in [0.15, 0.2) is 18.3 Å². The molecule has 2 heterocycles. The number of nitrogens with zero attached hydrogens (tertiary/aromatic N) is 1. The van der Waals surface area contributed by atoms with Gasteiger partial charge in [0.15, 0.2) is 0 Å². The summed E-state index contributed by atoms with van der Waals surface area (Å²) in [4.78, 5) is 12.5. The molecule has 1 amide bonds. The van der Waals surface area contributed by atoms with Crippen LogP contribution in [0, 0.1) is 0 Å². The van der Waals surface area contributed by atoms with Gasteiger partial charge in [0.05, 0.1) is 6.61 Å². The van der Waals surface area contributed by atoms with Crippen LogP contribution in [0.2, 0.25) is 0 Å². The number of aromatic nitrogens is 1. The van der Waals surface area contributed by atoms with E-state index in [1.165, 1.54) is 0 Å². The molecular weight excluding hydrogens is 286 g/mol. The second-order valence-electron chi connectivity index (χ2n) is 5.50. The molecule has 21 heavy (non-hydrogen) atoms. The summed E-state index contributed by atoms with van der Waals surface area (Å²) in [5.41, 5.74) is 0.714. The molecule has 2 rings (SSSR count). The molecule has 0 bridgehead atoms. The molecule has 2 unspecified atom stereocenters. The number of nitrogens with one attached hydrogen (secondary N) is 2. The summed E-state index contributed by atoms with van der Waals surface area (Å²) in [6.45, 7) is 4.00. The van der Waals surface area contributed by atoms with Crippen LogP contribution in [0.4, 0.5) is 0 Å². The lowest BCUT2D eigenvalue weighted by Crippen LogP contribution is -2.42. The van der Waals surface area contributed by atoms with Crippen molar-refractivity contribution in [2.24, 2.45) is 0 Å². The van der Waals surface area contributed by atoms with Gasteiger partial charge in [-0.3, -0.25) is 4.79 Å². The number of rotatable bonds is 6. The van der Waals surface area contributed by atoms with Crippen molar-refractivity contribution in [2.75, 3.05) is 26.0 Å². The number of piperidine rings is 1. The van der Waals surface area contributed by atoms with E-state index >= 15 is 0 Å². The summed E-state index contributed by atoms with van der Waals surface area (Å²) in [6.07, 6.45) is 6.04. The van der Waals surface area contributed by atoms with Gasteiger partial charge in [0, 0.05) is 23.5 Å². The van der Waals surface area contributed by atoms with Crippen molar-refractivity contribution < 1.29 is 9.90 Å². The van der Waals surface area contributed by atoms with Crippen molar-refractivity contribution in [2.45, 2.75) is 37.1 Å². The first-order valence-electron chi connectivity index (χ1n) is 7.49. The highest BCUT2D eigenvalue weighted by molar-refractivity contribution is 7.99. The van der Waals surface area contributed by atoms with E-state index in [1.807, 2.05) is 31.5 Å². The number of aliphatic hydroxyl groups is 1. The van der Waals surface area contributed by atoms with Gasteiger partial charge in [0.1, 0.15) is 5.69 Å². The molecule has 1 saturated heterocycles. The van der Waals surface area contributed by atoms with Gasteiger partial charge < -0.3 is 20.3 Å². The molecule has 1 aliphatic heterocycles. The van der Waals surface area contributed by atoms with Crippen molar-refractivity contribution >= 4 is 17.7 Å². The Morgan fingerprint density at radius 2 is 2.29 bits per heavy atom. The average Bonchev–Trinajstić information content (AvgIpc) is 2.99. The predicted octanol–water partition coefficient (Wildman–Crippen LogP) is 1.25. The third kappa shape index (κ3) is 4.02. The molecule has 118 valence electrons. The molecule has 1 aromatic heterocycles. The van der Waals surface area contributed by atoms with Crippen molar-refractivity contribution in [3.05, 3.63) is 24.0 Å². The third-order valence-corrected chi connectivity index (χ3v) is 5.28. The SMILES string of the molecule is CSC(CO)C(C)NC(=O)c1cccn1C1CCNCC1. The minimum absolute atomic E-state index is 0.0243. The first-order valence-corrected chi connectivity index (χ1v) is 8.78. The molecule has 2 atom stereocenters. The van der Waals surface area contributed by atoms with Gasteiger partial charge in [-0.1, -0.05) is 0 Å². The number of carbonyl (C=O) groups excluding carboxylic acids is 1. The molecule has 0 radical (unpaired) electrons. The lowest BCUT2D eigenvalue weighted by molar-refractivity contribution is 0.0923. The summed E-state index contributed by atoms with van der Waals surface area (Å²) in [7, 11) is 0. The van der Waals surface area contributed by atoms with Gasteiger partial charge in [-0.25, -0.2) is 0 Å². The predicted molar refractivity (Wildman–Crippen MR) is 86.9 cm³/mol. The minimum Gasteiger partial charge on any atom is -0.395 e. The molecule has 5 nitrogen and oxygen atoms in total. The fraction of sp³-hybridized carbons (Fsp3) is 0.667. The topological polar surface area (TPSA) is 66.3 Å². The van der Waals surface area contributed by atoms with E-state index < -0.39 is 0 Å². The van der Waals surface area contributed by atoms with E-state index in [9.17, 15) is 9.90 Å². The average molecular weight is 311 g/mol. The molecule has 1 fully saturated rings. The van der Waals surface area contributed by atoms with E-state index in [-0.39, 0.29) is 23.8 Å². The second kappa shape index (κ2) is 7.87. The Morgan fingerprint density at radius 1 is 1.57 bits per heavy atom. The lowest BCUT2D eigenvalue weighted by Gasteiger charge is -2.27. The maximum Gasteiger partial charge on any atom is 0.268 e. The van der Waals surface area contributed by atoms with Gasteiger partial charge in [0.25, 0.3) is 5.91 Å². The molecule has 0 aliphatic carbocycles. The van der Waals surface area contributed by atoms with Crippen LogP contribution in [0.3, 0.4) is 0 Å². The number of amides is 1. The van der Waals surface area contributed by atoms with Crippen LogP contribution in [0.25, 0.3) is 0 Å². The fourth-order valence-electron chi connectivity index (χ4n) is 2.80. The molecule has 0 saturated carbocycles. The van der Waals surface area contributed by atoms with Crippen LogP contribution < -0.4 is 10.6 Å². The molecule has 1 aliphatic rings.